The minimum Gasteiger partial charge on any atom is -0.352 e. The van der Waals surface area contributed by atoms with E-state index >= 15 is 0 Å². The van der Waals surface area contributed by atoms with Gasteiger partial charge in [0.25, 0.3) is 11.8 Å². The van der Waals surface area contributed by atoms with E-state index in [1.807, 2.05) is 72.8 Å². The van der Waals surface area contributed by atoms with Crippen LogP contribution < -0.4 is 10.6 Å². The van der Waals surface area contributed by atoms with Crippen LogP contribution in [0.2, 0.25) is 0 Å². The summed E-state index contributed by atoms with van der Waals surface area (Å²) in [5.74, 6) is -0.213. The summed E-state index contributed by atoms with van der Waals surface area (Å²) in [7, 11) is 0. The maximum Gasteiger partial charge on any atom is 0.262 e. The lowest BCUT2D eigenvalue weighted by Crippen LogP contribution is -2.25. The van der Waals surface area contributed by atoms with Crippen LogP contribution in [-0.4, -0.2) is 18.4 Å². The zero-order valence-corrected chi connectivity index (χ0v) is 16.5. The summed E-state index contributed by atoms with van der Waals surface area (Å²) in [4.78, 5) is 26.3. The summed E-state index contributed by atoms with van der Waals surface area (Å²) < 4.78 is 0. The van der Waals surface area contributed by atoms with Crippen molar-refractivity contribution >= 4 is 35.3 Å². The van der Waals surface area contributed by atoms with Crippen molar-refractivity contribution in [3.8, 4) is 0 Å². The van der Waals surface area contributed by atoms with Gasteiger partial charge < -0.3 is 10.6 Å². The van der Waals surface area contributed by atoms with Crippen LogP contribution in [0.4, 0.5) is 5.69 Å². The Balaban J connectivity index is 1.38. The third-order valence-corrected chi connectivity index (χ3v) is 5.69. The third kappa shape index (κ3) is 4.76. The Morgan fingerprint density at radius 1 is 0.931 bits per heavy atom. The average molecular weight is 401 g/mol. The lowest BCUT2D eigenvalue weighted by molar-refractivity contribution is -0.112. The maximum atomic E-state index is 12.3. The van der Waals surface area contributed by atoms with Crippen LogP contribution in [0.15, 0.2) is 88.7 Å². The Kier molecular flexibility index (Phi) is 5.77. The van der Waals surface area contributed by atoms with E-state index in [0.717, 1.165) is 22.6 Å². The van der Waals surface area contributed by atoms with Crippen molar-refractivity contribution in [1.82, 2.24) is 5.32 Å². The molecule has 3 aromatic rings. The van der Waals surface area contributed by atoms with Crippen molar-refractivity contribution in [3.05, 3.63) is 100 Å². The van der Waals surface area contributed by atoms with Crippen LogP contribution in [0.1, 0.15) is 21.5 Å². The quantitative estimate of drug-likeness (QED) is 0.608. The number of benzene rings is 3. The van der Waals surface area contributed by atoms with Gasteiger partial charge in [-0.05, 0) is 47.9 Å². The summed E-state index contributed by atoms with van der Waals surface area (Å²) in [6.45, 7) is 0.588. The Morgan fingerprint density at radius 2 is 1.66 bits per heavy atom. The van der Waals surface area contributed by atoms with Gasteiger partial charge in [0.05, 0.1) is 10.6 Å². The van der Waals surface area contributed by atoms with Crippen molar-refractivity contribution in [2.24, 2.45) is 0 Å². The fourth-order valence-corrected chi connectivity index (χ4v) is 4.00. The van der Waals surface area contributed by atoms with Gasteiger partial charge in [0.15, 0.2) is 0 Å². The number of hydrogen-bond acceptors (Lipinski definition) is 3. The number of thioether (sulfide) groups is 1. The summed E-state index contributed by atoms with van der Waals surface area (Å²) in [6.07, 6.45) is 2.64. The molecule has 0 aliphatic carbocycles. The molecule has 5 heteroatoms. The van der Waals surface area contributed by atoms with Gasteiger partial charge in [-0.15, -0.1) is 0 Å². The summed E-state index contributed by atoms with van der Waals surface area (Å²) >= 11 is 1.45. The van der Waals surface area contributed by atoms with Gasteiger partial charge in [0, 0.05) is 17.0 Å². The lowest BCUT2D eigenvalue weighted by Gasteiger charge is -2.18. The molecule has 3 aromatic carbocycles. The van der Waals surface area contributed by atoms with E-state index in [1.54, 1.807) is 12.1 Å². The molecule has 4 nitrogen and oxygen atoms in total. The number of nitrogens with one attached hydrogen (secondary N) is 2. The molecule has 0 unspecified atom stereocenters. The lowest BCUT2D eigenvalue weighted by atomic mass is 10.1. The molecule has 2 N–H and O–H groups in total. The highest BCUT2D eigenvalue weighted by molar-refractivity contribution is 8.04. The number of fused-ring (bicyclic) bond motifs is 1. The zero-order chi connectivity index (χ0) is 20.1. The molecule has 0 saturated carbocycles. The molecule has 4 rings (SSSR count). The van der Waals surface area contributed by atoms with Gasteiger partial charge in [-0.3, -0.25) is 9.59 Å². The number of hydrogen-bond donors (Lipinski definition) is 2. The van der Waals surface area contributed by atoms with E-state index in [0.29, 0.717) is 17.0 Å². The van der Waals surface area contributed by atoms with Crippen molar-refractivity contribution in [3.63, 3.8) is 0 Å². The Hall–Kier alpha value is -3.31. The predicted molar refractivity (Wildman–Crippen MR) is 118 cm³/mol. The van der Waals surface area contributed by atoms with Crippen molar-refractivity contribution < 1.29 is 9.59 Å². The zero-order valence-electron chi connectivity index (χ0n) is 15.7. The molecule has 29 heavy (non-hydrogen) atoms. The van der Waals surface area contributed by atoms with Gasteiger partial charge in [-0.2, -0.15) is 0 Å². The Bertz CT molecular complexity index is 1060. The molecule has 0 spiro atoms. The summed E-state index contributed by atoms with van der Waals surface area (Å²) in [6, 6.07) is 25.1. The molecule has 0 atom stereocenters. The van der Waals surface area contributed by atoms with E-state index in [4.69, 9.17) is 0 Å². The molecule has 0 aromatic heterocycles. The molecule has 0 radical (unpaired) electrons. The number of carbonyl (C=O) groups is 2. The van der Waals surface area contributed by atoms with Gasteiger partial charge >= 0.3 is 0 Å². The third-order valence-electron chi connectivity index (χ3n) is 4.59. The Morgan fingerprint density at radius 3 is 2.45 bits per heavy atom. The van der Waals surface area contributed by atoms with Crippen LogP contribution in [0.3, 0.4) is 0 Å². The maximum absolute atomic E-state index is 12.3. The molecular formula is C24H20N2O2S. The topological polar surface area (TPSA) is 58.2 Å². The van der Waals surface area contributed by atoms with Gasteiger partial charge in [0.2, 0.25) is 0 Å². The molecular weight excluding hydrogens is 380 g/mol. The van der Waals surface area contributed by atoms with Crippen LogP contribution in [0.5, 0.6) is 0 Å². The van der Waals surface area contributed by atoms with E-state index in [-0.39, 0.29) is 11.8 Å². The minimum absolute atomic E-state index is 0.0983. The fourth-order valence-electron chi connectivity index (χ4n) is 3.05. The predicted octanol–water partition coefficient (Wildman–Crippen LogP) is 4.74. The first-order chi connectivity index (χ1) is 14.2. The number of anilines is 1. The van der Waals surface area contributed by atoms with Crippen LogP contribution in [-0.2, 0) is 11.2 Å². The minimum atomic E-state index is -0.114. The van der Waals surface area contributed by atoms with E-state index < -0.39 is 0 Å². The second kappa shape index (κ2) is 8.80. The first-order valence-electron chi connectivity index (χ1n) is 9.41. The molecule has 0 saturated heterocycles. The van der Waals surface area contributed by atoms with Crippen molar-refractivity contribution in [1.29, 1.82) is 0 Å². The van der Waals surface area contributed by atoms with Gasteiger partial charge in [-0.25, -0.2) is 0 Å². The molecule has 0 fully saturated rings. The van der Waals surface area contributed by atoms with Crippen molar-refractivity contribution in [2.45, 2.75) is 11.3 Å². The number of amides is 2. The van der Waals surface area contributed by atoms with Crippen LogP contribution >= 0.6 is 11.8 Å². The first-order valence-corrected chi connectivity index (χ1v) is 10.2. The number of para-hydroxylation sites is 1. The average Bonchev–Trinajstić information content (AvgIpc) is 2.75. The van der Waals surface area contributed by atoms with E-state index in [1.165, 1.54) is 17.3 Å². The molecule has 1 aliphatic heterocycles. The molecule has 2 amide bonds. The molecule has 0 bridgehead atoms. The Labute approximate surface area is 174 Å². The second-order valence-corrected chi connectivity index (χ2v) is 7.76. The molecule has 144 valence electrons. The first kappa shape index (κ1) is 19.0. The largest absolute Gasteiger partial charge is 0.352 e. The normalized spacial score (nSPS) is 14.2. The number of carbonyl (C=O) groups excluding carboxylic acids is 2. The fraction of sp³-hybridized carbons (Fsp3) is 0.0833. The highest BCUT2D eigenvalue weighted by Gasteiger charge is 2.20. The van der Waals surface area contributed by atoms with Gasteiger partial charge in [-0.1, -0.05) is 66.4 Å². The SMILES string of the molecule is O=C1Nc2ccccc2S/C1=C/c1ccc(C(=O)NCCc2ccccc2)cc1. The summed E-state index contributed by atoms with van der Waals surface area (Å²) in [5.41, 5.74) is 3.51. The highest BCUT2D eigenvalue weighted by atomic mass is 32.2. The van der Waals surface area contributed by atoms with Crippen LogP contribution in [0.25, 0.3) is 6.08 Å². The van der Waals surface area contributed by atoms with E-state index in [2.05, 4.69) is 10.6 Å². The second-order valence-electron chi connectivity index (χ2n) is 6.67. The number of rotatable bonds is 5. The smallest absolute Gasteiger partial charge is 0.262 e. The summed E-state index contributed by atoms with van der Waals surface area (Å²) in [5, 5.41) is 5.85. The molecule has 1 aliphatic rings. The van der Waals surface area contributed by atoms with Crippen molar-refractivity contribution in [2.75, 3.05) is 11.9 Å². The monoisotopic (exact) mass is 400 g/mol. The highest BCUT2D eigenvalue weighted by Crippen LogP contribution is 2.38. The molecule has 1 heterocycles. The standard InChI is InChI=1S/C24H20N2O2S/c27-23(25-15-14-17-6-2-1-3-7-17)19-12-10-18(11-13-19)16-22-24(28)26-20-8-4-5-9-21(20)29-22/h1-13,16H,14-15H2,(H,25,27)(H,26,28)/b22-16+. The van der Waals surface area contributed by atoms with E-state index in [9.17, 15) is 9.59 Å². The van der Waals surface area contributed by atoms with Crippen LogP contribution in [0, 0.1) is 0 Å². The van der Waals surface area contributed by atoms with Gasteiger partial charge in [0.1, 0.15) is 0 Å².